The van der Waals surface area contributed by atoms with E-state index in [1.54, 1.807) is 26.2 Å². The van der Waals surface area contributed by atoms with Crippen LogP contribution in [0.5, 0.6) is 11.5 Å². The highest BCUT2D eigenvalue weighted by molar-refractivity contribution is 6.07. The standard InChI is InChI=1S/C18H20O4/c1-5-21-18-11-14(7-9-17(18)20-4)6-8-16(19)15-10-12(2)22-13(15)3/h6-11H,5H2,1-4H3/b8-6+. The van der Waals surface area contributed by atoms with Crippen molar-refractivity contribution in [1.82, 2.24) is 0 Å². The molecule has 4 heteroatoms. The topological polar surface area (TPSA) is 48.7 Å². The van der Waals surface area contributed by atoms with Crippen LogP contribution in [0.2, 0.25) is 0 Å². The van der Waals surface area contributed by atoms with E-state index in [2.05, 4.69) is 0 Å². The zero-order chi connectivity index (χ0) is 16.1. The van der Waals surface area contributed by atoms with Crippen molar-refractivity contribution >= 4 is 11.9 Å². The number of carbonyl (C=O) groups is 1. The predicted octanol–water partition coefficient (Wildman–Crippen LogP) is 4.20. The Balaban J connectivity index is 2.21. The quantitative estimate of drug-likeness (QED) is 0.592. The zero-order valence-electron chi connectivity index (χ0n) is 13.3. The molecule has 22 heavy (non-hydrogen) atoms. The van der Waals surface area contributed by atoms with Crippen LogP contribution >= 0.6 is 0 Å². The van der Waals surface area contributed by atoms with Crippen molar-refractivity contribution in [2.24, 2.45) is 0 Å². The number of furan rings is 1. The maximum Gasteiger partial charge on any atom is 0.189 e. The molecule has 0 bridgehead atoms. The van der Waals surface area contributed by atoms with Gasteiger partial charge in [-0.15, -0.1) is 0 Å². The second-order valence-corrected chi connectivity index (χ2v) is 4.87. The predicted molar refractivity (Wildman–Crippen MR) is 85.7 cm³/mol. The highest BCUT2D eigenvalue weighted by Gasteiger charge is 2.11. The largest absolute Gasteiger partial charge is 0.493 e. The van der Waals surface area contributed by atoms with Crippen LogP contribution in [0.1, 0.15) is 34.4 Å². The average Bonchev–Trinajstić information content (AvgIpc) is 2.84. The van der Waals surface area contributed by atoms with Gasteiger partial charge in [-0.3, -0.25) is 4.79 Å². The Hall–Kier alpha value is -2.49. The summed E-state index contributed by atoms with van der Waals surface area (Å²) in [5, 5.41) is 0. The van der Waals surface area contributed by atoms with Crippen molar-refractivity contribution in [2.75, 3.05) is 13.7 Å². The summed E-state index contributed by atoms with van der Waals surface area (Å²) in [6, 6.07) is 7.29. The lowest BCUT2D eigenvalue weighted by atomic mass is 10.1. The van der Waals surface area contributed by atoms with Crippen molar-refractivity contribution in [1.29, 1.82) is 0 Å². The zero-order valence-corrected chi connectivity index (χ0v) is 13.3. The van der Waals surface area contributed by atoms with Gasteiger partial charge in [-0.1, -0.05) is 12.1 Å². The van der Waals surface area contributed by atoms with Crippen LogP contribution in [0.3, 0.4) is 0 Å². The number of rotatable bonds is 6. The number of methoxy groups -OCH3 is 1. The monoisotopic (exact) mass is 300 g/mol. The Morgan fingerprint density at radius 2 is 2.00 bits per heavy atom. The maximum atomic E-state index is 12.2. The van der Waals surface area contributed by atoms with Crippen LogP contribution in [0.15, 0.2) is 34.8 Å². The number of hydrogen-bond donors (Lipinski definition) is 0. The Morgan fingerprint density at radius 3 is 2.59 bits per heavy atom. The molecular formula is C18H20O4. The van der Waals surface area contributed by atoms with Crippen molar-refractivity contribution in [2.45, 2.75) is 20.8 Å². The minimum atomic E-state index is -0.0804. The van der Waals surface area contributed by atoms with Gasteiger partial charge in [-0.05, 0) is 50.6 Å². The third-order valence-electron chi connectivity index (χ3n) is 3.22. The molecule has 2 aromatic rings. The van der Waals surface area contributed by atoms with E-state index < -0.39 is 0 Å². The molecule has 0 fully saturated rings. The van der Waals surface area contributed by atoms with Crippen LogP contribution in [-0.2, 0) is 0 Å². The molecule has 0 spiro atoms. The number of aryl methyl sites for hydroxylation is 2. The smallest absolute Gasteiger partial charge is 0.189 e. The molecule has 0 aliphatic heterocycles. The molecular weight excluding hydrogens is 280 g/mol. The molecule has 0 aliphatic rings. The molecule has 0 N–H and O–H groups in total. The summed E-state index contributed by atoms with van der Waals surface area (Å²) in [6.45, 7) is 6.07. The first-order valence-corrected chi connectivity index (χ1v) is 7.15. The summed E-state index contributed by atoms with van der Waals surface area (Å²) in [5.41, 5.74) is 1.46. The molecule has 0 aliphatic carbocycles. The van der Waals surface area contributed by atoms with Gasteiger partial charge in [0.2, 0.25) is 0 Å². The van der Waals surface area contributed by atoms with E-state index in [1.807, 2.05) is 32.0 Å². The fraction of sp³-hybridized carbons (Fsp3) is 0.278. The summed E-state index contributed by atoms with van der Waals surface area (Å²) in [4.78, 5) is 12.2. The van der Waals surface area contributed by atoms with Gasteiger partial charge < -0.3 is 13.9 Å². The Bertz CT molecular complexity index is 695. The summed E-state index contributed by atoms with van der Waals surface area (Å²) in [7, 11) is 1.60. The number of benzene rings is 1. The van der Waals surface area contributed by atoms with Gasteiger partial charge in [0.15, 0.2) is 17.3 Å². The lowest BCUT2D eigenvalue weighted by Crippen LogP contribution is -1.96. The van der Waals surface area contributed by atoms with Crippen LogP contribution < -0.4 is 9.47 Å². The summed E-state index contributed by atoms with van der Waals surface area (Å²) in [6.07, 6.45) is 3.29. The minimum Gasteiger partial charge on any atom is -0.493 e. The first-order chi connectivity index (χ1) is 10.5. The van der Waals surface area contributed by atoms with Crippen LogP contribution in [0.4, 0.5) is 0 Å². The van der Waals surface area contributed by atoms with E-state index >= 15 is 0 Å². The van der Waals surface area contributed by atoms with Gasteiger partial charge >= 0.3 is 0 Å². The molecule has 0 saturated carbocycles. The second kappa shape index (κ2) is 6.98. The lowest BCUT2D eigenvalue weighted by Gasteiger charge is -2.09. The molecule has 0 amide bonds. The summed E-state index contributed by atoms with van der Waals surface area (Å²) >= 11 is 0. The molecule has 0 atom stereocenters. The SMILES string of the molecule is CCOc1cc(/C=C/C(=O)c2cc(C)oc2C)ccc1OC. The average molecular weight is 300 g/mol. The van der Waals surface area contributed by atoms with E-state index in [0.29, 0.717) is 29.4 Å². The highest BCUT2D eigenvalue weighted by atomic mass is 16.5. The molecule has 1 aromatic carbocycles. The molecule has 116 valence electrons. The van der Waals surface area contributed by atoms with Crippen molar-refractivity contribution in [3.05, 3.63) is 53.0 Å². The van der Waals surface area contributed by atoms with Gasteiger partial charge in [0.05, 0.1) is 19.3 Å². The third-order valence-corrected chi connectivity index (χ3v) is 3.22. The Morgan fingerprint density at radius 1 is 1.23 bits per heavy atom. The van der Waals surface area contributed by atoms with Gasteiger partial charge in [0, 0.05) is 0 Å². The molecule has 4 nitrogen and oxygen atoms in total. The molecule has 2 rings (SSSR count). The third kappa shape index (κ3) is 3.58. The normalized spacial score (nSPS) is 10.9. The van der Waals surface area contributed by atoms with Crippen LogP contribution in [0, 0.1) is 13.8 Å². The highest BCUT2D eigenvalue weighted by Crippen LogP contribution is 2.28. The van der Waals surface area contributed by atoms with Crippen molar-refractivity contribution in [3.8, 4) is 11.5 Å². The van der Waals surface area contributed by atoms with Gasteiger partial charge in [0.25, 0.3) is 0 Å². The van der Waals surface area contributed by atoms with Crippen molar-refractivity contribution in [3.63, 3.8) is 0 Å². The lowest BCUT2D eigenvalue weighted by molar-refractivity contribution is 0.104. The number of ether oxygens (including phenoxy) is 2. The van der Waals surface area contributed by atoms with Gasteiger partial charge in [-0.2, -0.15) is 0 Å². The first kappa shape index (κ1) is 15.9. The molecule has 1 aromatic heterocycles. The Labute approximate surface area is 130 Å². The molecule has 0 unspecified atom stereocenters. The minimum absolute atomic E-state index is 0.0804. The first-order valence-electron chi connectivity index (χ1n) is 7.15. The number of carbonyl (C=O) groups excluding carboxylic acids is 1. The van der Waals surface area contributed by atoms with E-state index in [-0.39, 0.29) is 5.78 Å². The van der Waals surface area contributed by atoms with Crippen molar-refractivity contribution < 1.29 is 18.7 Å². The molecule has 1 heterocycles. The molecule has 0 saturated heterocycles. The van der Waals surface area contributed by atoms with E-state index in [9.17, 15) is 4.79 Å². The summed E-state index contributed by atoms with van der Waals surface area (Å²) in [5.74, 6) is 2.62. The summed E-state index contributed by atoms with van der Waals surface area (Å²) < 4.78 is 16.1. The number of allylic oxidation sites excluding steroid dienone is 1. The van der Waals surface area contributed by atoms with Gasteiger partial charge in [0.1, 0.15) is 11.5 Å². The van der Waals surface area contributed by atoms with Crippen LogP contribution in [-0.4, -0.2) is 19.5 Å². The maximum absolute atomic E-state index is 12.2. The van der Waals surface area contributed by atoms with E-state index in [4.69, 9.17) is 13.9 Å². The van der Waals surface area contributed by atoms with Crippen LogP contribution in [0.25, 0.3) is 6.08 Å². The number of ketones is 1. The second-order valence-electron chi connectivity index (χ2n) is 4.87. The van der Waals surface area contributed by atoms with Gasteiger partial charge in [-0.25, -0.2) is 0 Å². The number of hydrogen-bond acceptors (Lipinski definition) is 4. The Kier molecular flexibility index (Phi) is 5.04. The fourth-order valence-electron chi connectivity index (χ4n) is 2.20. The van der Waals surface area contributed by atoms with E-state index in [0.717, 1.165) is 11.3 Å². The molecule has 0 radical (unpaired) electrons. The fourth-order valence-corrected chi connectivity index (χ4v) is 2.20. The van der Waals surface area contributed by atoms with E-state index in [1.165, 1.54) is 6.08 Å².